The highest BCUT2D eigenvalue weighted by atomic mass is 16.2. The Morgan fingerprint density at radius 3 is 2.73 bits per heavy atom. The first-order chi connectivity index (χ1) is 12.7. The van der Waals surface area contributed by atoms with Crippen molar-refractivity contribution >= 4 is 11.7 Å². The molecule has 0 unspecified atom stereocenters. The number of nitrogens with zero attached hydrogens (tertiary/aromatic N) is 4. The minimum atomic E-state index is 0.156. The molecule has 1 N–H and O–H groups in total. The molecule has 1 saturated carbocycles. The van der Waals surface area contributed by atoms with Gasteiger partial charge in [0.15, 0.2) is 0 Å². The van der Waals surface area contributed by atoms with Crippen molar-refractivity contribution in [1.82, 2.24) is 15.2 Å². The fraction of sp³-hybridized carbons (Fsp3) is 0.650. The number of hydrogen-bond donors (Lipinski definition) is 1. The molecular weight excluding hydrogens is 326 g/mol. The minimum Gasteiger partial charge on any atom is -0.355 e. The number of aromatic nitrogens is 1. The van der Waals surface area contributed by atoms with Gasteiger partial charge < -0.3 is 10.2 Å². The molecule has 6 nitrogen and oxygen atoms in total. The van der Waals surface area contributed by atoms with E-state index in [2.05, 4.69) is 26.2 Å². The van der Waals surface area contributed by atoms with Gasteiger partial charge in [-0.25, -0.2) is 4.98 Å². The lowest BCUT2D eigenvalue weighted by molar-refractivity contribution is -0.127. The van der Waals surface area contributed by atoms with Crippen LogP contribution in [0.2, 0.25) is 0 Å². The summed E-state index contributed by atoms with van der Waals surface area (Å²) in [6, 6.07) is 6.89. The van der Waals surface area contributed by atoms with E-state index in [4.69, 9.17) is 0 Å². The van der Waals surface area contributed by atoms with Gasteiger partial charge in [-0.1, -0.05) is 0 Å². The molecule has 3 heterocycles. The number of amides is 1. The first-order valence-corrected chi connectivity index (χ1v) is 9.89. The first kappa shape index (κ1) is 17.3. The Morgan fingerprint density at radius 1 is 1.19 bits per heavy atom. The van der Waals surface area contributed by atoms with Crippen LogP contribution in [0.1, 0.15) is 44.1 Å². The maximum atomic E-state index is 12.4. The molecule has 1 amide bonds. The van der Waals surface area contributed by atoms with E-state index >= 15 is 0 Å². The molecule has 1 aromatic heterocycles. The summed E-state index contributed by atoms with van der Waals surface area (Å²) in [7, 11) is 0. The Kier molecular flexibility index (Phi) is 5.07. The Labute approximate surface area is 155 Å². The molecule has 2 saturated heterocycles. The fourth-order valence-electron chi connectivity index (χ4n) is 4.28. The van der Waals surface area contributed by atoms with Crippen molar-refractivity contribution in [3.05, 3.63) is 23.9 Å². The van der Waals surface area contributed by atoms with Gasteiger partial charge >= 0.3 is 0 Å². The third-order valence-corrected chi connectivity index (χ3v) is 5.93. The SMILES string of the molecule is N#Cc1cccnc1N1CCC(N2CCC[C@H](C(=O)NC3CC3)C2)CC1. The largest absolute Gasteiger partial charge is 0.355 e. The minimum absolute atomic E-state index is 0.156. The van der Waals surface area contributed by atoms with Crippen LogP contribution < -0.4 is 10.2 Å². The number of rotatable bonds is 4. The summed E-state index contributed by atoms with van der Waals surface area (Å²) in [6.45, 7) is 3.85. The molecule has 26 heavy (non-hydrogen) atoms. The summed E-state index contributed by atoms with van der Waals surface area (Å²) >= 11 is 0. The highest BCUT2D eigenvalue weighted by Gasteiger charge is 2.34. The third kappa shape index (κ3) is 3.83. The zero-order valence-corrected chi connectivity index (χ0v) is 15.2. The van der Waals surface area contributed by atoms with Crippen molar-refractivity contribution in [2.75, 3.05) is 31.1 Å². The third-order valence-electron chi connectivity index (χ3n) is 5.93. The molecule has 1 atom stereocenters. The van der Waals surface area contributed by atoms with Crippen LogP contribution in [0.25, 0.3) is 0 Å². The number of piperidine rings is 2. The second-order valence-electron chi connectivity index (χ2n) is 7.82. The number of pyridine rings is 1. The number of hydrogen-bond acceptors (Lipinski definition) is 5. The van der Waals surface area contributed by atoms with Crippen molar-refractivity contribution in [3.63, 3.8) is 0 Å². The molecule has 1 aliphatic carbocycles. The molecule has 2 aliphatic heterocycles. The number of anilines is 1. The number of carbonyl (C=O) groups is 1. The molecule has 4 rings (SSSR count). The summed E-state index contributed by atoms with van der Waals surface area (Å²) < 4.78 is 0. The fourth-order valence-corrected chi connectivity index (χ4v) is 4.28. The zero-order chi connectivity index (χ0) is 17.9. The Balaban J connectivity index is 1.32. The van der Waals surface area contributed by atoms with Gasteiger partial charge in [0.1, 0.15) is 11.9 Å². The molecule has 0 bridgehead atoms. The lowest BCUT2D eigenvalue weighted by Gasteiger charge is -2.42. The van der Waals surface area contributed by atoms with Gasteiger partial charge in [0.05, 0.1) is 11.5 Å². The van der Waals surface area contributed by atoms with Gasteiger partial charge in [0, 0.05) is 37.9 Å². The first-order valence-electron chi connectivity index (χ1n) is 9.89. The van der Waals surface area contributed by atoms with Gasteiger partial charge in [-0.2, -0.15) is 5.26 Å². The average Bonchev–Trinajstić information content (AvgIpc) is 3.52. The van der Waals surface area contributed by atoms with E-state index in [1.165, 1.54) is 0 Å². The van der Waals surface area contributed by atoms with Crippen LogP contribution in [-0.4, -0.2) is 54.1 Å². The monoisotopic (exact) mass is 353 g/mol. The van der Waals surface area contributed by atoms with Gasteiger partial charge in [-0.15, -0.1) is 0 Å². The summed E-state index contributed by atoms with van der Waals surface area (Å²) in [6.07, 6.45) is 8.33. The Morgan fingerprint density at radius 2 is 2.00 bits per heavy atom. The molecule has 138 valence electrons. The van der Waals surface area contributed by atoms with Crippen molar-refractivity contribution in [2.24, 2.45) is 5.92 Å². The van der Waals surface area contributed by atoms with Crippen LogP contribution in [0.3, 0.4) is 0 Å². The van der Waals surface area contributed by atoms with Gasteiger partial charge in [0.2, 0.25) is 5.91 Å². The summed E-state index contributed by atoms with van der Waals surface area (Å²) in [4.78, 5) is 21.6. The highest BCUT2D eigenvalue weighted by Crippen LogP contribution is 2.27. The molecule has 3 aliphatic rings. The molecule has 3 fully saturated rings. The van der Waals surface area contributed by atoms with Crippen molar-refractivity contribution in [3.8, 4) is 6.07 Å². The highest BCUT2D eigenvalue weighted by molar-refractivity contribution is 5.79. The molecule has 1 aromatic rings. The maximum absolute atomic E-state index is 12.4. The molecular formula is C20H27N5O. The predicted octanol–water partition coefficient (Wildman–Crippen LogP) is 1.91. The average molecular weight is 353 g/mol. The smallest absolute Gasteiger partial charge is 0.224 e. The van der Waals surface area contributed by atoms with Gasteiger partial charge in [-0.05, 0) is 57.2 Å². The number of likely N-dealkylation sites (tertiary alicyclic amines) is 1. The predicted molar refractivity (Wildman–Crippen MR) is 99.6 cm³/mol. The van der Waals surface area contributed by atoms with Crippen molar-refractivity contribution < 1.29 is 4.79 Å². The van der Waals surface area contributed by atoms with Crippen LogP contribution in [0.15, 0.2) is 18.3 Å². The second-order valence-corrected chi connectivity index (χ2v) is 7.82. The lowest BCUT2D eigenvalue weighted by atomic mass is 9.93. The van der Waals surface area contributed by atoms with E-state index < -0.39 is 0 Å². The quantitative estimate of drug-likeness (QED) is 0.895. The van der Waals surface area contributed by atoms with Crippen molar-refractivity contribution in [2.45, 2.75) is 50.6 Å². The summed E-state index contributed by atoms with van der Waals surface area (Å²) in [5.41, 5.74) is 0.653. The number of nitriles is 1. The molecule has 6 heteroatoms. The molecule has 0 aromatic carbocycles. The van der Waals surface area contributed by atoms with E-state index in [0.717, 1.165) is 70.5 Å². The standard InChI is InChI=1S/C20H27N5O/c21-13-15-3-1-9-22-19(15)24-11-7-18(8-12-24)25-10-2-4-16(14-25)20(26)23-17-5-6-17/h1,3,9,16-18H,2,4-8,10-12,14H2,(H,23,26)/t16-/m0/s1. The number of carbonyl (C=O) groups excluding carboxylic acids is 1. The van der Waals surface area contributed by atoms with Crippen molar-refractivity contribution in [1.29, 1.82) is 5.26 Å². The van der Waals surface area contributed by atoms with Crippen LogP contribution in [0.4, 0.5) is 5.82 Å². The van der Waals surface area contributed by atoms with E-state index in [0.29, 0.717) is 17.6 Å². The Bertz CT molecular complexity index is 688. The topological polar surface area (TPSA) is 72.3 Å². The van der Waals surface area contributed by atoms with E-state index in [1.54, 1.807) is 6.20 Å². The maximum Gasteiger partial charge on any atom is 0.224 e. The van der Waals surface area contributed by atoms with Gasteiger partial charge in [-0.3, -0.25) is 9.69 Å². The molecule has 0 spiro atoms. The second kappa shape index (κ2) is 7.63. The van der Waals surface area contributed by atoms with Crippen LogP contribution in [0, 0.1) is 17.2 Å². The summed E-state index contributed by atoms with van der Waals surface area (Å²) in [5.74, 6) is 1.24. The van der Waals surface area contributed by atoms with E-state index in [1.807, 2.05) is 12.1 Å². The number of nitrogens with one attached hydrogen (secondary N) is 1. The lowest BCUT2D eigenvalue weighted by Crippen LogP contribution is -2.51. The normalized spacial score (nSPS) is 24.9. The molecule has 0 radical (unpaired) electrons. The van der Waals surface area contributed by atoms with E-state index in [9.17, 15) is 10.1 Å². The van der Waals surface area contributed by atoms with Gasteiger partial charge in [0.25, 0.3) is 0 Å². The van der Waals surface area contributed by atoms with E-state index in [-0.39, 0.29) is 11.8 Å². The van der Waals surface area contributed by atoms with Crippen LogP contribution >= 0.6 is 0 Å². The zero-order valence-electron chi connectivity index (χ0n) is 15.2. The summed E-state index contributed by atoms with van der Waals surface area (Å²) in [5, 5.41) is 12.5. The van der Waals surface area contributed by atoms with Crippen LogP contribution in [-0.2, 0) is 4.79 Å². The Hall–Kier alpha value is -2.13. The van der Waals surface area contributed by atoms with Crippen LogP contribution in [0.5, 0.6) is 0 Å².